The molecule has 1 saturated carbocycles. The zero-order chi connectivity index (χ0) is 22.1. The molecule has 0 bridgehead atoms. The van der Waals surface area contributed by atoms with Crippen LogP contribution in [0.15, 0.2) is 48.5 Å². The van der Waals surface area contributed by atoms with Crippen molar-refractivity contribution >= 4 is 23.2 Å². The molecule has 6 nitrogen and oxygen atoms in total. The van der Waals surface area contributed by atoms with Gasteiger partial charge in [0.15, 0.2) is 0 Å². The minimum atomic E-state index is -0.169. The van der Waals surface area contributed by atoms with Crippen molar-refractivity contribution in [2.75, 3.05) is 17.2 Å². The average Bonchev–Trinajstić information content (AvgIpc) is 2.78. The van der Waals surface area contributed by atoms with Crippen molar-refractivity contribution in [3.63, 3.8) is 0 Å². The predicted octanol–water partition coefficient (Wildman–Crippen LogP) is 4.98. The van der Waals surface area contributed by atoms with Crippen LogP contribution in [0.4, 0.5) is 11.4 Å². The number of hydrogen-bond acceptors (Lipinski definition) is 4. The van der Waals surface area contributed by atoms with E-state index in [0.717, 1.165) is 30.7 Å². The van der Waals surface area contributed by atoms with Crippen molar-refractivity contribution in [3.05, 3.63) is 54.1 Å². The summed E-state index contributed by atoms with van der Waals surface area (Å²) in [6.07, 6.45) is 6.74. The van der Waals surface area contributed by atoms with Gasteiger partial charge in [0.1, 0.15) is 5.75 Å². The number of anilines is 2. The first-order chi connectivity index (χ1) is 15.0. The zero-order valence-electron chi connectivity index (χ0n) is 18.4. The van der Waals surface area contributed by atoms with Crippen LogP contribution in [0.3, 0.4) is 0 Å². The minimum Gasteiger partial charge on any atom is -0.491 e. The van der Waals surface area contributed by atoms with Gasteiger partial charge in [-0.05, 0) is 56.5 Å². The average molecular weight is 424 g/mol. The molecule has 1 fully saturated rings. The maximum absolute atomic E-state index is 12.5. The lowest BCUT2D eigenvalue weighted by Crippen LogP contribution is -2.36. The maximum atomic E-state index is 12.5. The number of rotatable bonds is 9. The van der Waals surface area contributed by atoms with Crippen LogP contribution in [-0.4, -0.2) is 30.5 Å². The fourth-order valence-corrected chi connectivity index (χ4v) is 3.64. The number of carbonyl (C=O) groups is 2. The molecule has 0 heterocycles. The molecule has 2 aromatic rings. The Balaban J connectivity index is 1.50. The fraction of sp³-hybridized carbons (Fsp3) is 0.440. The van der Waals surface area contributed by atoms with Crippen LogP contribution in [0.1, 0.15) is 62.7 Å². The highest BCUT2D eigenvalue weighted by atomic mass is 16.5. The molecule has 3 N–H and O–H groups in total. The molecule has 1 atom stereocenters. The van der Waals surface area contributed by atoms with Crippen molar-refractivity contribution in [3.8, 4) is 5.75 Å². The van der Waals surface area contributed by atoms with Gasteiger partial charge in [0.05, 0.1) is 12.6 Å². The summed E-state index contributed by atoms with van der Waals surface area (Å²) in [4.78, 5) is 24.9. The fourth-order valence-electron chi connectivity index (χ4n) is 3.64. The molecule has 0 aromatic heterocycles. The smallest absolute Gasteiger partial charge is 0.251 e. The highest BCUT2D eigenvalue weighted by Gasteiger charge is 2.16. The van der Waals surface area contributed by atoms with Crippen molar-refractivity contribution in [2.24, 2.45) is 0 Å². The van der Waals surface area contributed by atoms with Gasteiger partial charge in [-0.1, -0.05) is 38.3 Å². The summed E-state index contributed by atoms with van der Waals surface area (Å²) in [5, 5.41) is 9.10. The number of carbonyl (C=O) groups excluding carboxylic acids is 2. The normalized spacial score (nSPS) is 15.0. The summed E-state index contributed by atoms with van der Waals surface area (Å²) in [6, 6.07) is 14.9. The summed E-state index contributed by atoms with van der Waals surface area (Å²) >= 11 is 0. The Morgan fingerprint density at radius 2 is 1.77 bits per heavy atom. The highest BCUT2D eigenvalue weighted by molar-refractivity contribution is 5.96. The third kappa shape index (κ3) is 7.31. The second-order valence-electron chi connectivity index (χ2n) is 8.16. The van der Waals surface area contributed by atoms with E-state index in [4.69, 9.17) is 4.74 Å². The SMILES string of the molecule is CCC(C)Oc1cccc(NC(=O)CNc2cccc(C(=O)NC3CCCCC3)c2)c1. The van der Waals surface area contributed by atoms with Crippen LogP contribution in [0.5, 0.6) is 5.75 Å². The zero-order valence-corrected chi connectivity index (χ0v) is 18.4. The van der Waals surface area contributed by atoms with Crippen molar-refractivity contribution in [2.45, 2.75) is 64.5 Å². The second-order valence-corrected chi connectivity index (χ2v) is 8.16. The molecular formula is C25H33N3O3. The van der Waals surface area contributed by atoms with Crippen LogP contribution in [0, 0.1) is 0 Å². The first kappa shape index (κ1) is 22.7. The predicted molar refractivity (Wildman–Crippen MR) is 125 cm³/mol. The van der Waals surface area contributed by atoms with E-state index in [1.165, 1.54) is 19.3 Å². The van der Waals surface area contributed by atoms with Crippen molar-refractivity contribution in [1.82, 2.24) is 5.32 Å². The highest BCUT2D eigenvalue weighted by Crippen LogP contribution is 2.20. The number of ether oxygens (including phenoxy) is 1. The number of nitrogens with one attached hydrogen (secondary N) is 3. The molecule has 166 valence electrons. The lowest BCUT2D eigenvalue weighted by molar-refractivity contribution is -0.114. The Morgan fingerprint density at radius 1 is 1.03 bits per heavy atom. The summed E-state index contributed by atoms with van der Waals surface area (Å²) in [6.45, 7) is 4.18. The van der Waals surface area contributed by atoms with Crippen LogP contribution in [0.25, 0.3) is 0 Å². The van der Waals surface area contributed by atoms with E-state index in [0.29, 0.717) is 11.3 Å². The maximum Gasteiger partial charge on any atom is 0.251 e. The Labute approximate surface area is 184 Å². The standard InChI is InChI=1S/C25H33N3O3/c1-3-18(2)31-23-14-8-13-22(16-23)27-24(29)17-26-21-12-7-9-19(15-21)25(30)28-20-10-5-4-6-11-20/h7-9,12-16,18,20,26H,3-6,10-11,17H2,1-2H3,(H,27,29)(H,28,30). The molecule has 3 rings (SSSR count). The first-order valence-corrected chi connectivity index (χ1v) is 11.2. The van der Waals surface area contributed by atoms with E-state index in [2.05, 4.69) is 22.9 Å². The molecule has 1 unspecified atom stereocenters. The quantitative estimate of drug-likeness (QED) is 0.532. The largest absolute Gasteiger partial charge is 0.491 e. The van der Waals surface area contributed by atoms with E-state index in [1.54, 1.807) is 12.1 Å². The number of amides is 2. The van der Waals surface area contributed by atoms with E-state index < -0.39 is 0 Å². The number of benzene rings is 2. The van der Waals surface area contributed by atoms with Gasteiger partial charge in [0, 0.05) is 29.0 Å². The van der Waals surface area contributed by atoms with Crippen LogP contribution in [-0.2, 0) is 4.79 Å². The summed E-state index contributed by atoms with van der Waals surface area (Å²) in [7, 11) is 0. The second kappa shape index (κ2) is 11.4. The molecule has 2 aromatic carbocycles. The Bertz CT molecular complexity index is 878. The topological polar surface area (TPSA) is 79.5 Å². The number of hydrogen-bond donors (Lipinski definition) is 3. The first-order valence-electron chi connectivity index (χ1n) is 11.2. The molecule has 31 heavy (non-hydrogen) atoms. The van der Waals surface area contributed by atoms with Gasteiger partial charge in [-0.2, -0.15) is 0 Å². The van der Waals surface area contributed by atoms with E-state index >= 15 is 0 Å². The Hall–Kier alpha value is -3.02. The molecule has 0 spiro atoms. The molecule has 2 amide bonds. The van der Waals surface area contributed by atoms with E-state index in [9.17, 15) is 9.59 Å². The van der Waals surface area contributed by atoms with Crippen molar-refractivity contribution in [1.29, 1.82) is 0 Å². The van der Waals surface area contributed by atoms with Gasteiger partial charge < -0.3 is 20.7 Å². The minimum absolute atomic E-state index is 0.0573. The van der Waals surface area contributed by atoms with Gasteiger partial charge in [0.2, 0.25) is 5.91 Å². The molecule has 1 aliphatic rings. The van der Waals surface area contributed by atoms with Gasteiger partial charge in [0.25, 0.3) is 5.91 Å². The van der Waals surface area contributed by atoms with Gasteiger partial charge >= 0.3 is 0 Å². The Kier molecular flexibility index (Phi) is 8.33. The van der Waals surface area contributed by atoms with E-state index in [-0.39, 0.29) is 30.5 Å². The van der Waals surface area contributed by atoms with Crippen LogP contribution < -0.4 is 20.7 Å². The summed E-state index contributed by atoms with van der Waals surface area (Å²) in [5.41, 5.74) is 2.03. The molecule has 0 radical (unpaired) electrons. The lowest BCUT2D eigenvalue weighted by atomic mass is 9.95. The van der Waals surface area contributed by atoms with E-state index in [1.807, 2.05) is 43.3 Å². The molecule has 0 saturated heterocycles. The molecular weight excluding hydrogens is 390 g/mol. The van der Waals surface area contributed by atoms with Crippen LogP contribution >= 0.6 is 0 Å². The molecule has 1 aliphatic carbocycles. The lowest BCUT2D eigenvalue weighted by Gasteiger charge is -2.22. The third-order valence-electron chi connectivity index (χ3n) is 5.55. The van der Waals surface area contributed by atoms with Crippen molar-refractivity contribution < 1.29 is 14.3 Å². The van der Waals surface area contributed by atoms with Gasteiger partial charge in [-0.3, -0.25) is 9.59 Å². The summed E-state index contributed by atoms with van der Waals surface area (Å²) in [5.74, 6) is 0.507. The summed E-state index contributed by atoms with van der Waals surface area (Å²) < 4.78 is 5.80. The third-order valence-corrected chi connectivity index (χ3v) is 5.55. The van der Waals surface area contributed by atoms with Crippen LogP contribution in [0.2, 0.25) is 0 Å². The molecule has 0 aliphatic heterocycles. The van der Waals surface area contributed by atoms with Gasteiger partial charge in [-0.15, -0.1) is 0 Å². The van der Waals surface area contributed by atoms with Gasteiger partial charge in [-0.25, -0.2) is 0 Å². The Morgan fingerprint density at radius 3 is 2.55 bits per heavy atom. The monoisotopic (exact) mass is 423 g/mol. The molecule has 6 heteroatoms.